The van der Waals surface area contributed by atoms with Crippen LogP contribution in [0.3, 0.4) is 0 Å². The van der Waals surface area contributed by atoms with Gasteiger partial charge < -0.3 is 4.74 Å². The zero-order chi connectivity index (χ0) is 15.4. The fraction of sp³-hybridized carbons (Fsp3) is 0.0714. The maximum Gasteiger partial charge on any atom is 0.311 e. The summed E-state index contributed by atoms with van der Waals surface area (Å²) in [6.45, 7) is -0.152. The molecule has 0 saturated heterocycles. The molecule has 0 radical (unpaired) electrons. The monoisotopic (exact) mass is 353 g/mol. The summed E-state index contributed by atoms with van der Waals surface area (Å²) in [4.78, 5) is 20.9. The van der Waals surface area contributed by atoms with Crippen molar-refractivity contribution < 1.29 is 18.8 Å². The van der Waals surface area contributed by atoms with E-state index < -0.39 is 10.7 Å². The van der Waals surface area contributed by atoms with Crippen LogP contribution in [0, 0.1) is 15.9 Å². The zero-order valence-corrected chi connectivity index (χ0v) is 12.2. The van der Waals surface area contributed by atoms with Crippen molar-refractivity contribution in [3.63, 3.8) is 0 Å². The summed E-state index contributed by atoms with van der Waals surface area (Å²) >= 11 is 3.14. The Balaban J connectivity index is 2.23. The third-order valence-electron chi connectivity index (χ3n) is 2.71. The number of halogens is 2. The number of hydrogen-bond donors (Lipinski definition) is 0. The summed E-state index contributed by atoms with van der Waals surface area (Å²) in [5.41, 5.74) is 0.105. The second kappa shape index (κ2) is 6.45. The quantitative estimate of drug-likeness (QED) is 0.464. The molecule has 0 aliphatic heterocycles. The average Bonchev–Trinajstić information content (AvgIpc) is 2.46. The Morgan fingerprint density at radius 3 is 2.67 bits per heavy atom. The summed E-state index contributed by atoms with van der Waals surface area (Å²) in [6.07, 6.45) is 0.505. The molecule has 7 heteroatoms. The Hall–Kier alpha value is -2.28. The lowest BCUT2D eigenvalue weighted by Gasteiger charge is -2.08. The van der Waals surface area contributed by atoms with Gasteiger partial charge in [-0.15, -0.1) is 0 Å². The average molecular weight is 354 g/mol. The summed E-state index contributed by atoms with van der Waals surface area (Å²) in [5, 5.41) is 10.9. The smallest absolute Gasteiger partial charge is 0.311 e. The SMILES string of the molecule is O=Cc1ccc(OCc2ccc(Br)cc2F)c([N+](=O)[O-])c1. The molecule has 0 fully saturated rings. The molecule has 0 atom stereocenters. The minimum absolute atomic E-state index is 0.0204. The van der Waals surface area contributed by atoms with Gasteiger partial charge in [-0.25, -0.2) is 4.39 Å². The molecule has 0 N–H and O–H groups in total. The Morgan fingerprint density at radius 2 is 2.05 bits per heavy atom. The molecular weight excluding hydrogens is 345 g/mol. The number of nitrogens with zero attached hydrogens (tertiary/aromatic N) is 1. The number of carbonyl (C=O) groups excluding carboxylic acids is 1. The molecule has 0 heterocycles. The van der Waals surface area contributed by atoms with Crippen LogP contribution in [0.1, 0.15) is 15.9 Å². The van der Waals surface area contributed by atoms with Crippen molar-refractivity contribution in [2.45, 2.75) is 6.61 Å². The molecule has 2 aromatic rings. The van der Waals surface area contributed by atoms with Crippen LogP contribution in [0.15, 0.2) is 40.9 Å². The first-order valence-electron chi connectivity index (χ1n) is 5.81. The summed E-state index contributed by atoms with van der Waals surface area (Å²) in [7, 11) is 0. The summed E-state index contributed by atoms with van der Waals surface area (Å²) in [5.74, 6) is -0.496. The van der Waals surface area contributed by atoms with E-state index in [4.69, 9.17) is 4.74 Å². The third kappa shape index (κ3) is 3.63. The van der Waals surface area contributed by atoms with Gasteiger partial charge in [0.2, 0.25) is 0 Å². The summed E-state index contributed by atoms with van der Waals surface area (Å²) in [6, 6.07) is 8.27. The Morgan fingerprint density at radius 1 is 1.29 bits per heavy atom. The third-order valence-corrected chi connectivity index (χ3v) is 3.21. The van der Waals surface area contributed by atoms with Gasteiger partial charge in [0.15, 0.2) is 5.75 Å². The number of carbonyl (C=O) groups is 1. The number of benzene rings is 2. The second-order valence-corrected chi connectivity index (χ2v) is 5.04. The van der Waals surface area contributed by atoms with Crippen LogP contribution in [0.4, 0.5) is 10.1 Å². The van der Waals surface area contributed by atoms with Gasteiger partial charge in [-0.05, 0) is 24.3 Å². The second-order valence-electron chi connectivity index (χ2n) is 4.13. The first-order valence-corrected chi connectivity index (χ1v) is 6.61. The van der Waals surface area contributed by atoms with E-state index in [9.17, 15) is 19.3 Å². The van der Waals surface area contributed by atoms with Crippen molar-refractivity contribution in [2.24, 2.45) is 0 Å². The normalized spacial score (nSPS) is 10.2. The highest BCUT2D eigenvalue weighted by Crippen LogP contribution is 2.28. The first-order chi connectivity index (χ1) is 10.0. The highest BCUT2D eigenvalue weighted by Gasteiger charge is 2.16. The number of nitro benzene ring substituents is 1. The number of rotatable bonds is 5. The lowest BCUT2D eigenvalue weighted by molar-refractivity contribution is -0.386. The van der Waals surface area contributed by atoms with Gasteiger partial charge in [-0.1, -0.05) is 22.0 Å². The Bertz CT molecular complexity index is 705. The molecule has 108 valence electrons. The summed E-state index contributed by atoms with van der Waals surface area (Å²) < 4.78 is 19.5. The van der Waals surface area contributed by atoms with E-state index in [1.165, 1.54) is 24.3 Å². The number of ether oxygens (including phenoxy) is 1. The highest BCUT2D eigenvalue weighted by atomic mass is 79.9. The van der Waals surface area contributed by atoms with Crippen molar-refractivity contribution in [3.8, 4) is 5.75 Å². The van der Waals surface area contributed by atoms with Gasteiger partial charge in [-0.3, -0.25) is 14.9 Å². The lowest BCUT2D eigenvalue weighted by atomic mass is 10.2. The first kappa shape index (κ1) is 15.1. The maximum absolute atomic E-state index is 13.6. The van der Waals surface area contributed by atoms with Gasteiger partial charge >= 0.3 is 5.69 Å². The number of nitro groups is 1. The highest BCUT2D eigenvalue weighted by molar-refractivity contribution is 9.10. The van der Waals surface area contributed by atoms with Crippen LogP contribution in [0.5, 0.6) is 5.75 Å². The van der Waals surface area contributed by atoms with Crippen LogP contribution in [-0.2, 0) is 6.61 Å². The topological polar surface area (TPSA) is 69.4 Å². The van der Waals surface area contributed by atoms with E-state index in [2.05, 4.69) is 15.9 Å². The fourth-order valence-electron chi connectivity index (χ4n) is 1.67. The molecule has 0 saturated carbocycles. The van der Waals surface area contributed by atoms with E-state index in [0.29, 0.717) is 10.8 Å². The van der Waals surface area contributed by atoms with E-state index in [1.54, 1.807) is 6.07 Å². The van der Waals surface area contributed by atoms with Gasteiger partial charge in [0.1, 0.15) is 18.7 Å². The Kier molecular flexibility index (Phi) is 4.64. The van der Waals surface area contributed by atoms with Gasteiger partial charge in [0, 0.05) is 21.7 Å². The minimum Gasteiger partial charge on any atom is -0.482 e. The molecule has 0 aromatic heterocycles. The van der Waals surface area contributed by atoms with Crippen molar-refractivity contribution in [3.05, 3.63) is 67.9 Å². The molecule has 0 bridgehead atoms. The van der Waals surface area contributed by atoms with Crippen LogP contribution in [-0.4, -0.2) is 11.2 Å². The predicted octanol–water partition coefficient (Wildman–Crippen LogP) is 3.89. The Labute approximate surface area is 127 Å². The van der Waals surface area contributed by atoms with Crippen molar-refractivity contribution >= 4 is 27.9 Å². The molecule has 0 aliphatic rings. The van der Waals surface area contributed by atoms with Gasteiger partial charge in [0.05, 0.1) is 4.92 Å². The maximum atomic E-state index is 13.6. The van der Waals surface area contributed by atoms with E-state index in [0.717, 1.165) is 6.07 Å². The number of aldehydes is 1. The molecule has 5 nitrogen and oxygen atoms in total. The molecule has 0 spiro atoms. The van der Waals surface area contributed by atoms with Gasteiger partial charge in [0.25, 0.3) is 0 Å². The van der Waals surface area contributed by atoms with Crippen LogP contribution >= 0.6 is 15.9 Å². The van der Waals surface area contributed by atoms with Crippen molar-refractivity contribution in [2.75, 3.05) is 0 Å². The van der Waals surface area contributed by atoms with Crippen LogP contribution < -0.4 is 4.74 Å². The van der Waals surface area contributed by atoms with Crippen LogP contribution in [0.2, 0.25) is 0 Å². The molecule has 0 unspecified atom stereocenters. The predicted molar refractivity (Wildman–Crippen MR) is 76.9 cm³/mol. The minimum atomic E-state index is -0.653. The van der Waals surface area contributed by atoms with Crippen LogP contribution in [0.25, 0.3) is 0 Å². The fourth-order valence-corrected chi connectivity index (χ4v) is 2.00. The molecule has 0 aliphatic carbocycles. The van der Waals surface area contributed by atoms with Crippen molar-refractivity contribution in [1.29, 1.82) is 0 Å². The van der Waals surface area contributed by atoms with E-state index in [-0.39, 0.29) is 29.2 Å². The molecule has 2 aromatic carbocycles. The number of hydrogen-bond acceptors (Lipinski definition) is 4. The molecular formula is C14H9BrFNO4. The van der Waals surface area contributed by atoms with Gasteiger partial charge in [-0.2, -0.15) is 0 Å². The lowest BCUT2D eigenvalue weighted by Crippen LogP contribution is -2.01. The van der Waals surface area contributed by atoms with E-state index in [1.807, 2.05) is 0 Å². The molecule has 2 rings (SSSR count). The van der Waals surface area contributed by atoms with Crippen molar-refractivity contribution in [1.82, 2.24) is 0 Å². The van der Waals surface area contributed by atoms with E-state index >= 15 is 0 Å². The molecule has 21 heavy (non-hydrogen) atoms. The largest absolute Gasteiger partial charge is 0.482 e. The standard InChI is InChI=1S/C14H9BrFNO4/c15-11-3-2-10(12(16)6-11)8-21-14-4-1-9(7-18)5-13(14)17(19)20/h1-7H,8H2. The zero-order valence-electron chi connectivity index (χ0n) is 10.6. The molecule has 0 amide bonds.